The number of nitrogens with one attached hydrogen (secondary N) is 1. The maximum Gasteiger partial charge on any atom is 0.223 e. The summed E-state index contributed by atoms with van der Waals surface area (Å²) in [6.45, 7) is 12.3. The number of hydrogen-bond acceptors (Lipinski definition) is 2. The van der Waals surface area contributed by atoms with Crippen LogP contribution in [0, 0.1) is 17.3 Å². The van der Waals surface area contributed by atoms with Crippen LogP contribution in [0.5, 0.6) is 0 Å². The van der Waals surface area contributed by atoms with Crippen molar-refractivity contribution in [1.82, 2.24) is 10.2 Å². The Morgan fingerprint density at radius 2 is 1.81 bits per heavy atom. The lowest BCUT2D eigenvalue weighted by atomic mass is 9.84. The molecule has 2 rings (SSSR count). The monoisotopic (exact) mass is 294 g/mol. The fourth-order valence-electron chi connectivity index (χ4n) is 3.72. The van der Waals surface area contributed by atoms with E-state index in [4.69, 9.17) is 0 Å². The van der Waals surface area contributed by atoms with Crippen molar-refractivity contribution in [3.8, 4) is 0 Å². The molecule has 0 aromatic heterocycles. The molecule has 0 spiro atoms. The zero-order valence-corrected chi connectivity index (χ0v) is 14.5. The molecule has 21 heavy (non-hydrogen) atoms. The normalized spacial score (nSPS) is 22.1. The van der Waals surface area contributed by atoms with Gasteiger partial charge in [-0.2, -0.15) is 0 Å². The third-order valence-corrected chi connectivity index (χ3v) is 4.71. The molecule has 0 radical (unpaired) electrons. The van der Waals surface area contributed by atoms with Crippen molar-refractivity contribution in [3.63, 3.8) is 0 Å². The molecule has 3 heteroatoms. The summed E-state index contributed by atoms with van der Waals surface area (Å²) in [5.74, 6) is 1.62. The summed E-state index contributed by atoms with van der Waals surface area (Å²) in [4.78, 5) is 14.9. The van der Waals surface area contributed by atoms with E-state index < -0.39 is 0 Å². The molecule has 0 aromatic carbocycles. The lowest BCUT2D eigenvalue weighted by molar-refractivity contribution is -0.133. The van der Waals surface area contributed by atoms with Gasteiger partial charge in [-0.15, -0.1) is 0 Å². The first kappa shape index (κ1) is 16.8. The van der Waals surface area contributed by atoms with E-state index in [0.29, 0.717) is 29.2 Å². The number of nitrogens with zero attached hydrogens (tertiary/aromatic N) is 1. The zero-order valence-electron chi connectivity index (χ0n) is 14.5. The van der Waals surface area contributed by atoms with Gasteiger partial charge in [0.2, 0.25) is 5.91 Å². The summed E-state index contributed by atoms with van der Waals surface area (Å²) >= 11 is 0. The standard InChI is InChI=1S/C18H34N2O/c1-14(12-18(2,3)4)11-17(21)20(16-5-6-16)13-15-7-9-19-10-8-15/h14-16,19H,5-13H2,1-4H3. The highest BCUT2D eigenvalue weighted by Crippen LogP contribution is 2.32. The third kappa shape index (κ3) is 5.98. The SMILES string of the molecule is CC(CC(=O)N(CC1CCNCC1)C1CC1)CC(C)(C)C. The molecule has 1 heterocycles. The minimum Gasteiger partial charge on any atom is -0.339 e. The Morgan fingerprint density at radius 1 is 1.19 bits per heavy atom. The van der Waals surface area contributed by atoms with Crippen molar-refractivity contribution in [3.05, 3.63) is 0 Å². The molecule has 1 aliphatic heterocycles. The van der Waals surface area contributed by atoms with Crippen molar-refractivity contribution in [2.75, 3.05) is 19.6 Å². The highest BCUT2D eigenvalue weighted by Gasteiger charge is 2.34. The van der Waals surface area contributed by atoms with Gasteiger partial charge in [-0.1, -0.05) is 27.7 Å². The zero-order chi connectivity index (χ0) is 15.5. The van der Waals surface area contributed by atoms with Crippen LogP contribution in [0.25, 0.3) is 0 Å². The van der Waals surface area contributed by atoms with Crippen molar-refractivity contribution in [2.45, 2.75) is 72.3 Å². The molecule has 1 aliphatic carbocycles. The number of hydrogen-bond donors (Lipinski definition) is 1. The molecular formula is C18H34N2O. The molecule has 122 valence electrons. The largest absolute Gasteiger partial charge is 0.339 e. The van der Waals surface area contributed by atoms with E-state index in [-0.39, 0.29) is 0 Å². The molecule has 2 fully saturated rings. The predicted octanol–water partition coefficient (Wildman–Crippen LogP) is 3.44. The Hall–Kier alpha value is -0.570. The Kier molecular flexibility index (Phi) is 5.70. The van der Waals surface area contributed by atoms with E-state index in [1.165, 1.54) is 25.7 Å². The van der Waals surface area contributed by atoms with E-state index in [1.54, 1.807) is 0 Å². The predicted molar refractivity (Wildman–Crippen MR) is 88.2 cm³/mol. The maximum atomic E-state index is 12.7. The Balaban J connectivity index is 1.84. The summed E-state index contributed by atoms with van der Waals surface area (Å²) in [7, 11) is 0. The van der Waals surface area contributed by atoms with Crippen LogP contribution in [0.2, 0.25) is 0 Å². The lowest BCUT2D eigenvalue weighted by Crippen LogP contribution is -2.41. The van der Waals surface area contributed by atoms with Crippen molar-refractivity contribution >= 4 is 5.91 Å². The number of carbonyl (C=O) groups excluding carboxylic acids is 1. The van der Waals surface area contributed by atoms with Crippen LogP contribution in [-0.4, -0.2) is 36.5 Å². The number of amides is 1. The van der Waals surface area contributed by atoms with Gasteiger partial charge in [0.05, 0.1) is 0 Å². The van der Waals surface area contributed by atoms with Gasteiger partial charge in [-0.25, -0.2) is 0 Å². The topological polar surface area (TPSA) is 32.3 Å². The van der Waals surface area contributed by atoms with Crippen LogP contribution in [0.15, 0.2) is 0 Å². The summed E-state index contributed by atoms with van der Waals surface area (Å²) in [6, 6.07) is 0.564. The minimum absolute atomic E-state index is 0.319. The average molecular weight is 294 g/mol. The first-order valence-corrected chi connectivity index (χ1v) is 8.85. The molecule has 0 bridgehead atoms. The molecule has 1 atom stereocenters. The summed E-state index contributed by atoms with van der Waals surface area (Å²) in [5.41, 5.74) is 0.319. The molecule has 2 aliphatic rings. The maximum absolute atomic E-state index is 12.7. The molecular weight excluding hydrogens is 260 g/mol. The molecule has 1 amide bonds. The number of rotatable bonds is 6. The van der Waals surface area contributed by atoms with Crippen LogP contribution in [0.1, 0.15) is 66.2 Å². The van der Waals surface area contributed by atoms with Crippen LogP contribution >= 0.6 is 0 Å². The molecule has 3 nitrogen and oxygen atoms in total. The van der Waals surface area contributed by atoms with Crippen molar-refractivity contribution < 1.29 is 4.79 Å². The van der Waals surface area contributed by atoms with E-state index in [2.05, 4.69) is 37.9 Å². The first-order valence-electron chi connectivity index (χ1n) is 8.85. The number of carbonyl (C=O) groups is 1. The Bertz CT molecular complexity index is 338. The van der Waals surface area contributed by atoms with Gasteiger partial charge in [0.15, 0.2) is 0 Å². The Labute approximate surface area is 130 Å². The smallest absolute Gasteiger partial charge is 0.223 e. The average Bonchev–Trinajstić information content (AvgIpc) is 3.18. The van der Waals surface area contributed by atoms with Gasteiger partial charge in [0.25, 0.3) is 0 Å². The highest BCUT2D eigenvalue weighted by atomic mass is 16.2. The van der Waals surface area contributed by atoms with Gasteiger partial charge in [0, 0.05) is 19.0 Å². The van der Waals surface area contributed by atoms with Crippen LogP contribution in [0.4, 0.5) is 0 Å². The minimum atomic E-state index is 0.319. The molecule has 1 unspecified atom stereocenters. The van der Waals surface area contributed by atoms with E-state index >= 15 is 0 Å². The number of piperidine rings is 1. The van der Waals surface area contributed by atoms with Crippen molar-refractivity contribution in [2.24, 2.45) is 17.3 Å². The van der Waals surface area contributed by atoms with Gasteiger partial charge in [-0.05, 0) is 62.4 Å². The van der Waals surface area contributed by atoms with Gasteiger partial charge >= 0.3 is 0 Å². The van der Waals surface area contributed by atoms with Crippen LogP contribution in [-0.2, 0) is 4.79 Å². The van der Waals surface area contributed by atoms with Crippen molar-refractivity contribution in [1.29, 1.82) is 0 Å². The second-order valence-corrected chi connectivity index (χ2v) is 8.54. The second-order valence-electron chi connectivity index (χ2n) is 8.54. The van der Waals surface area contributed by atoms with Crippen LogP contribution in [0.3, 0.4) is 0 Å². The highest BCUT2D eigenvalue weighted by molar-refractivity contribution is 5.77. The second kappa shape index (κ2) is 7.13. The lowest BCUT2D eigenvalue weighted by Gasteiger charge is -2.31. The van der Waals surface area contributed by atoms with E-state index in [9.17, 15) is 4.79 Å². The van der Waals surface area contributed by atoms with Gasteiger partial charge in [0.1, 0.15) is 0 Å². The first-order chi connectivity index (χ1) is 9.85. The molecule has 1 N–H and O–H groups in total. The summed E-state index contributed by atoms with van der Waals surface area (Å²) in [5, 5.41) is 3.42. The summed E-state index contributed by atoms with van der Waals surface area (Å²) in [6.07, 6.45) is 6.78. The van der Waals surface area contributed by atoms with E-state index in [0.717, 1.165) is 32.5 Å². The third-order valence-electron chi connectivity index (χ3n) is 4.71. The van der Waals surface area contributed by atoms with Crippen LogP contribution < -0.4 is 5.32 Å². The Morgan fingerprint density at radius 3 is 2.33 bits per heavy atom. The molecule has 1 saturated carbocycles. The quantitative estimate of drug-likeness (QED) is 0.814. The molecule has 1 saturated heterocycles. The fraction of sp³-hybridized carbons (Fsp3) is 0.944. The van der Waals surface area contributed by atoms with Gasteiger partial charge < -0.3 is 10.2 Å². The van der Waals surface area contributed by atoms with E-state index in [1.807, 2.05) is 0 Å². The van der Waals surface area contributed by atoms with Gasteiger partial charge in [-0.3, -0.25) is 4.79 Å². The summed E-state index contributed by atoms with van der Waals surface area (Å²) < 4.78 is 0. The fourth-order valence-corrected chi connectivity index (χ4v) is 3.72. The molecule has 0 aromatic rings.